The Labute approximate surface area is 243 Å². The number of hydrogen-bond acceptors (Lipinski definition) is 7. The molecule has 0 atom stereocenters. The Morgan fingerprint density at radius 3 is 2.17 bits per heavy atom. The minimum atomic E-state index is -4.19. The van der Waals surface area contributed by atoms with Gasteiger partial charge in [-0.2, -0.15) is 18.2 Å². The zero-order chi connectivity index (χ0) is 30.7. The first-order valence-electron chi connectivity index (χ1n) is 12.3. The highest BCUT2D eigenvalue weighted by Gasteiger charge is 2.27. The molecule has 0 saturated carbocycles. The fourth-order valence-corrected chi connectivity index (χ4v) is 3.12. The second kappa shape index (κ2) is 15.1. The number of benzene rings is 2. The van der Waals surface area contributed by atoms with Crippen molar-refractivity contribution in [2.45, 2.75) is 13.1 Å². The lowest BCUT2D eigenvalue weighted by Gasteiger charge is -2.21. The first-order valence-corrected chi connectivity index (χ1v) is 12.7. The number of alkyl halides is 3. The molecule has 1 aromatic heterocycles. The SMILES string of the molecule is C=C(C)C(F)(F)F.C=CC(=C)Nc1ccc(F)c(Nc2nc(Nc3ccc(N(C)CCN(C)C)cc3)ncc2Cl)c1. The molecular formula is C29H34ClF4N7. The Morgan fingerprint density at radius 1 is 1.00 bits per heavy atom. The van der Waals surface area contributed by atoms with Crippen LogP contribution >= 0.6 is 11.6 Å². The quantitative estimate of drug-likeness (QED) is 0.119. The van der Waals surface area contributed by atoms with Gasteiger partial charge in [0.1, 0.15) is 10.8 Å². The lowest BCUT2D eigenvalue weighted by Crippen LogP contribution is -2.28. The summed E-state index contributed by atoms with van der Waals surface area (Å²) in [6.45, 7) is 13.0. The fourth-order valence-electron chi connectivity index (χ4n) is 2.99. The molecular weight excluding hydrogens is 558 g/mol. The Bertz CT molecular complexity index is 1340. The van der Waals surface area contributed by atoms with E-state index in [2.05, 4.69) is 76.6 Å². The molecule has 0 unspecified atom stereocenters. The topological polar surface area (TPSA) is 68.4 Å². The number of likely N-dealkylation sites (N-methyl/N-ethyl adjacent to an activating group) is 2. The molecule has 7 nitrogen and oxygen atoms in total. The summed E-state index contributed by atoms with van der Waals surface area (Å²) in [5.74, 6) is 0.154. The highest BCUT2D eigenvalue weighted by Crippen LogP contribution is 2.29. The van der Waals surface area contributed by atoms with Gasteiger partial charge >= 0.3 is 6.18 Å². The molecule has 3 aromatic rings. The summed E-state index contributed by atoms with van der Waals surface area (Å²) in [7, 11) is 6.17. The van der Waals surface area contributed by atoms with Crippen molar-refractivity contribution in [3.63, 3.8) is 0 Å². The first kappa shape index (κ1) is 33.1. The molecule has 12 heteroatoms. The van der Waals surface area contributed by atoms with E-state index in [-0.39, 0.29) is 16.5 Å². The minimum Gasteiger partial charge on any atom is -0.373 e. The molecule has 220 valence electrons. The van der Waals surface area contributed by atoms with E-state index < -0.39 is 17.6 Å². The number of halogens is 5. The Morgan fingerprint density at radius 2 is 1.61 bits per heavy atom. The summed E-state index contributed by atoms with van der Waals surface area (Å²) >= 11 is 6.27. The number of allylic oxidation sites excluding steroid dienone is 2. The van der Waals surface area contributed by atoms with Crippen LogP contribution in [-0.2, 0) is 0 Å². The van der Waals surface area contributed by atoms with Gasteiger partial charge in [0, 0.05) is 48.5 Å². The van der Waals surface area contributed by atoms with Crippen LogP contribution in [0.4, 0.5) is 52.1 Å². The molecule has 0 amide bonds. The van der Waals surface area contributed by atoms with E-state index >= 15 is 0 Å². The largest absolute Gasteiger partial charge is 0.411 e. The van der Waals surface area contributed by atoms with Crippen LogP contribution in [-0.4, -0.2) is 55.3 Å². The molecule has 0 bridgehead atoms. The van der Waals surface area contributed by atoms with Crippen molar-refractivity contribution < 1.29 is 17.6 Å². The maximum absolute atomic E-state index is 14.4. The number of nitrogens with one attached hydrogen (secondary N) is 3. The van der Waals surface area contributed by atoms with Gasteiger partial charge in [-0.05, 0) is 69.6 Å². The summed E-state index contributed by atoms with van der Waals surface area (Å²) in [6.07, 6.45) is -1.16. The Balaban J connectivity index is 0.000000745. The van der Waals surface area contributed by atoms with Crippen molar-refractivity contribution in [1.29, 1.82) is 0 Å². The average molecular weight is 592 g/mol. The normalized spacial score (nSPS) is 10.8. The molecule has 0 aliphatic rings. The summed E-state index contributed by atoms with van der Waals surface area (Å²) in [4.78, 5) is 13.0. The predicted molar refractivity (Wildman–Crippen MR) is 162 cm³/mol. The molecule has 3 rings (SSSR count). The standard InChI is InChI=1S/C25H29ClFN7.C4H5F3/c1-6-17(2)29-19-9-12-22(27)23(15-19)31-24-21(26)16-28-25(32-24)30-18-7-10-20(11-8-18)34(5)14-13-33(3)4;1-3(2)4(5,6)7/h6-12,15-16,29H,1-2,13-14H2,3-5H3,(H2,28,30,31,32);1H2,2H3. The van der Waals surface area contributed by atoms with E-state index in [0.29, 0.717) is 17.3 Å². The van der Waals surface area contributed by atoms with Crippen LogP contribution < -0.4 is 20.9 Å². The van der Waals surface area contributed by atoms with E-state index in [0.717, 1.165) is 31.4 Å². The van der Waals surface area contributed by atoms with Crippen LogP contribution in [0, 0.1) is 5.82 Å². The van der Waals surface area contributed by atoms with Crippen LogP contribution in [0.5, 0.6) is 0 Å². The average Bonchev–Trinajstić information content (AvgIpc) is 2.91. The van der Waals surface area contributed by atoms with Gasteiger partial charge in [-0.25, -0.2) is 9.37 Å². The van der Waals surface area contributed by atoms with Gasteiger partial charge in [0.05, 0.1) is 11.9 Å². The molecule has 3 N–H and O–H groups in total. The highest BCUT2D eigenvalue weighted by atomic mass is 35.5. The van der Waals surface area contributed by atoms with Gasteiger partial charge in [0.2, 0.25) is 5.95 Å². The molecule has 0 aliphatic heterocycles. The zero-order valence-electron chi connectivity index (χ0n) is 23.4. The van der Waals surface area contributed by atoms with Crippen molar-refractivity contribution in [1.82, 2.24) is 14.9 Å². The molecule has 0 aliphatic carbocycles. The molecule has 1 heterocycles. The molecule has 41 heavy (non-hydrogen) atoms. The molecule has 0 spiro atoms. The second-order valence-corrected chi connectivity index (χ2v) is 9.65. The Kier molecular flexibility index (Phi) is 12.2. The van der Waals surface area contributed by atoms with Crippen LogP contribution in [0.1, 0.15) is 6.92 Å². The van der Waals surface area contributed by atoms with Gasteiger partial charge in [0.15, 0.2) is 5.82 Å². The predicted octanol–water partition coefficient (Wildman–Crippen LogP) is 7.99. The van der Waals surface area contributed by atoms with Gasteiger partial charge in [-0.15, -0.1) is 0 Å². The van der Waals surface area contributed by atoms with Crippen LogP contribution in [0.2, 0.25) is 5.02 Å². The van der Waals surface area contributed by atoms with Gasteiger partial charge < -0.3 is 25.8 Å². The van der Waals surface area contributed by atoms with Crippen molar-refractivity contribution >= 4 is 46.1 Å². The van der Waals surface area contributed by atoms with Gasteiger partial charge in [-0.1, -0.05) is 31.3 Å². The second-order valence-electron chi connectivity index (χ2n) is 9.24. The monoisotopic (exact) mass is 591 g/mol. The maximum Gasteiger partial charge on any atom is 0.411 e. The van der Waals surface area contributed by atoms with Crippen molar-refractivity contribution in [2.24, 2.45) is 0 Å². The van der Waals surface area contributed by atoms with Crippen molar-refractivity contribution in [3.8, 4) is 0 Å². The lowest BCUT2D eigenvalue weighted by atomic mass is 10.2. The van der Waals surface area contributed by atoms with Gasteiger partial charge in [0.25, 0.3) is 0 Å². The number of anilines is 6. The third-order valence-corrected chi connectivity index (χ3v) is 5.72. The third kappa shape index (κ3) is 11.1. The summed E-state index contributed by atoms with van der Waals surface area (Å²) in [6, 6.07) is 12.5. The van der Waals surface area contributed by atoms with Crippen molar-refractivity contribution in [2.75, 3.05) is 55.1 Å². The zero-order valence-corrected chi connectivity index (χ0v) is 24.2. The number of aromatic nitrogens is 2. The number of hydrogen-bond donors (Lipinski definition) is 3. The fraction of sp³-hybridized carbons (Fsp3) is 0.241. The van der Waals surface area contributed by atoms with E-state index in [1.807, 2.05) is 24.3 Å². The van der Waals surface area contributed by atoms with E-state index in [1.54, 1.807) is 18.2 Å². The highest BCUT2D eigenvalue weighted by molar-refractivity contribution is 6.32. The number of rotatable bonds is 11. The minimum absolute atomic E-state index is 0.207. The number of nitrogens with zero attached hydrogens (tertiary/aromatic N) is 4. The third-order valence-electron chi connectivity index (χ3n) is 5.45. The molecule has 0 saturated heterocycles. The summed E-state index contributed by atoms with van der Waals surface area (Å²) in [5.41, 5.74) is 2.62. The van der Waals surface area contributed by atoms with E-state index in [4.69, 9.17) is 11.6 Å². The summed E-state index contributed by atoms with van der Waals surface area (Å²) < 4.78 is 47.7. The lowest BCUT2D eigenvalue weighted by molar-refractivity contribution is -0.0909. The molecule has 2 aromatic carbocycles. The first-order chi connectivity index (χ1) is 19.2. The molecule has 0 fully saturated rings. The van der Waals surface area contributed by atoms with Crippen molar-refractivity contribution in [3.05, 3.63) is 96.6 Å². The Hall–Kier alpha value is -4.09. The van der Waals surface area contributed by atoms with E-state index in [1.165, 1.54) is 12.3 Å². The maximum atomic E-state index is 14.4. The van der Waals surface area contributed by atoms with Gasteiger partial charge in [-0.3, -0.25) is 0 Å². The van der Waals surface area contributed by atoms with Crippen LogP contribution in [0.3, 0.4) is 0 Å². The summed E-state index contributed by atoms with van der Waals surface area (Å²) in [5, 5.41) is 9.39. The van der Waals surface area contributed by atoms with Crippen LogP contribution in [0.15, 0.2) is 85.7 Å². The smallest absolute Gasteiger partial charge is 0.373 e. The van der Waals surface area contributed by atoms with E-state index in [9.17, 15) is 17.6 Å². The van der Waals surface area contributed by atoms with Crippen LogP contribution in [0.25, 0.3) is 0 Å². The molecule has 0 radical (unpaired) electrons.